The summed E-state index contributed by atoms with van der Waals surface area (Å²) >= 11 is 6.16. The van der Waals surface area contributed by atoms with Gasteiger partial charge >= 0.3 is 0 Å². The summed E-state index contributed by atoms with van der Waals surface area (Å²) in [6.45, 7) is 6.55. The maximum absolute atomic E-state index is 12.2. The molecule has 1 amide bonds. The summed E-state index contributed by atoms with van der Waals surface area (Å²) in [5, 5.41) is 4.44. The molecule has 0 bridgehead atoms. The van der Waals surface area contributed by atoms with Crippen molar-refractivity contribution in [3.8, 4) is 11.5 Å². The zero-order valence-corrected chi connectivity index (χ0v) is 15.1. The monoisotopic (exact) mass is 358 g/mol. The van der Waals surface area contributed by atoms with E-state index in [0.717, 1.165) is 0 Å². The van der Waals surface area contributed by atoms with Crippen molar-refractivity contribution in [2.45, 2.75) is 26.2 Å². The fraction of sp³-hybridized carbons (Fsp3) is 0.263. The van der Waals surface area contributed by atoms with E-state index < -0.39 is 0 Å². The third-order valence-electron chi connectivity index (χ3n) is 3.87. The number of amides is 1. The van der Waals surface area contributed by atoms with Crippen molar-refractivity contribution in [1.29, 1.82) is 0 Å². The first-order valence-electron chi connectivity index (χ1n) is 7.88. The number of halogens is 1. The molecule has 0 atom stereocenters. The first-order chi connectivity index (χ1) is 11.8. The Balaban J connectivity index is 1.67. The number of ether oxygens (including phenoxy) is 2. The number of benzene rings is 2. The predicted octanol–water partition coefficient (Wildman–Crippen LogP) is 4.13. The highest BCUT2D eigenvalue weighted by Crippen LogP contribution is 2.36. The number of carbonyl (C=O) groups is 1. The Morgan fingerprint density at radius 1 is 1.16 bits per heavy atom. The Bertz CT molecular complexity index is 824. The van der Waals surface area contributed by atoms with Gasteiger partial charge in [0.05, 0.1) is 11.2 Å². The molecule has 25 heavy (non-hydrogen) atoms. The molecule has 3 rings (SSSR count). The lowest BCUT2D eigenvalue weighted by atomic mass is 9.87. The minimum atomic E-state index is -0.284. The van der Waals surface area contributed by atoms with Crippen molar-refractivity contribution >= 4 is 23.7 Å². The number of hydrogen-bond acceptors (Lipinski definition) is 4. The maximum Gasteiger partial charge on any atom is 0.271 e. The average molecular weight is 359 g/mol. The van der Waals surface area contributed by atoms with Gasteiger partial charge in [0.1, 0.15) is 0 Å². The smallest absolute Gasteiger partial charge is 0.271 e. The summed E-state index contributed by atoms with van der Waals surface area (Å²) in [7, 11) is 0. The van der Waals surface area contributed by atoms with E-state index >= 15 is 0 Å². The molecule has 6 heteroatoms. The van der Waals surface area contributed by atoms with Gasteiger partial charge in [0.15, 0.2) is 11.5 Å². The highest BCUT2D eigenvalue weighted by atomic mass is 35.5. The third kappa shape index (κ3) is 3.94. The molecular weight excluding hydrogens is 340 g/mol. The molecular formula is C19H19ClN2O3. The van der Waals surface area contributed by atoms with Crippen LogP contribution in [0.25, 0.3) is 0 Å². The SMILES string of the molecule is CC(C)(C)c1ccc(C(=O)N/N=C\c2cc3c(cc2Cl)OCO3)cc1. The van der Waals surface area contributed by atoms with Gasteiger partial charge in [-0.3, -0.25) is 4.79 Å². The summed E-state index contributed by atoms with van der Waals surface area (Å²) in [6.07, 6.45) is 1.48. The lowest BCUT2D eigenvalue weighted by Gasteiger charge is -2.18. The Hall–Kier alpha value is -2.53. The molecule has 0 saturated heterocycles. The zero-order valence-electron chi connectivity index (χ0n) is 14.3. The van der Waals surface area contributed by atoms with Gasteiger partial charge in [-0.15, -0.1) is 0 Å². The molecule has 1 aliphatic heterocycles. The fourth-order valence-corrected chi connectivity index (χ4v) is 2.58. The van der Waals surface area contributed by atoms with Gasteiger partial charge in [-0.05, 0) is 29.2 Å². The van der Waals surface area contributed by atoms with E-state index in [-0.39, 0.29) is 18.1 Å². The van der Waals surface area contributed by atoms with Crippen LogP contribution in [0.4, 0.5) is 0 Å². The highest BCUT2D eigenvalue weighted by molar-refractivity contribution is 6.33. The molecule has 0 saturated carbocycles. The van der Waals surface area contributed by atoms with Crippen LogP contribution in [0, 0.1) is 0 Å². The van der Waals surface area contributed by atoms with Crippen LogP contribution in [-0.4, -0.2) is 18.9 Å². The molecule has 0 aromatic heterocycles. The van der Waals surface area contributed by atoms with Crippen LogP contribution in [0.1, 0.15) is 42.3 Å². The topological polar surface area (TPSA) is 59.9 Å². The second-order valence-corrected chi connectivity index (χ2v) is 7.16. The highest BCUT2D eigenvalue weighted by Gasteiger charge is 2.16. The molecule has 0 aliphatic carbocycles. The Morgan fingerprint density at radius 3 is 2.44 bits per heavy atom. The van der Waals surface area contributed by atoms with Crippen molar-refractivity contribution < 1.29 is 14.3 Å². The van der Waals surface area contributed by atoms with Crippen molar-refractivity contribution in [3.63, 3.8) is 0 Å². The van der Waals surface area contributed by atoms with Crippen molar-refractivity contribution in [1.82, 2.24) is 5.43 Å². The molecule has 1 N–H and O–H groups in total. The summed E-state index contributed by atoms with van der Waals surface area (Å²) < 4.78 is 10.5. The van der Waals surface area contributed by atoms with Crippen molar-refractivity contribution in [2.75, 3.05) is 6.79 Å². The van der Waals surface area contributed by atoms with Gasteiger partial charge in [0, 0.05) is 17.2 Å². The lowest BCUT2D eigenvalue weighted by molar-refractivity contribution is 0.0955. The third-order valence-corrected chi connectivity index (χ3v) is 4.20. The van der Waals surface area contributed by atoms with Crippen LogP contribution >= 0.6 is 11.6 Å². The second-order valence-electron chi connectivity index (χ2n) is 6.75. The van der Waals surface area contributed by atoms with E-state index in [4.69, 9.17) is 21.1 Å². The van der Waals surface area contributed by atoms with E-state index in [1.165, 1.54) is 11.8 Å². The molecule has 2 aromatic rings. The molecule has 2 aromatic carbocycles. The van der Waals surface area contributed by atoms with Gasteiger partial charge in [0.2, 0.25) is 6.79 Å². The molecule has 5 nitrogen and oxygen atoms in total. The molecule has 0 unspecified atom stereocenters. The van der Waals surface area contributed by atoms with E-state index in [1.807, 2.05) is 12.1 Å². The first-order valence-corrected chi connectivity index (χ1v) is 8.25. The van der Waals surface area contributed by atoms with Crippen molar-refractivity contribution in [2.24, 2.45) is 5.10 Å². The fourth-order valence-electron chi connectivity index (χ4n) is 2.38. The van der Waals surface area contributed by atoms with E-state index in [9.17, 15) is 4.79 Å². The molecule has 130 valence electrons. The summed E-state index contributed by atoms with van der Waals surface area (Å²) in [5.74, 6) is 0.925. The van der Waals surface area contributed by atoms with Gasteiger partial charge in [-0.1, -0.05) is 44.5 Å². The lowest BCUT2D eigenvalue weighted by Crippen LogP contribution is -2.18. The van der Waals surface area contributed by atoms with E-state index in [0.29, 0.717) is 27.6 Å². The molecule has 0 spiro atoms. The number of nitrogens with zero attached hydrogens (tertiary/aromatic N) is 1. The zero-order chi connectivity index (χ0) is 18.0. The van der Waals surface area contributed by atoms with E-state index in [2.05, 4.69) is 31.3 Å². The van der Waals surface area contributed by atoms with Crippen LogP contribution in [0.15, 0.2) is 41.5 Å². The minimum absolute atomic E-state index is 0.0449. The molecule has 0 radical (unpaired) electrons. The Kier molecular flexibility index (Phi) is 4.68. The van der Waals surface area contributed by atoms with Crippen LogP contribution < -0.4 is 14.9 Å². The quantitative estimate of drug-likeness (QED) is 0.663. The normalized spacial score (nSPS) is 13.3. The van der Waals surface area contributed by atoms with Crippen LogP contribution in [0.3, 0.4) is 0 Å². The Morgan fingerprint density at radius 2 is 1.80 bits per heavy atom. The van der Waals surface area contributed by atoms with Gasteiger partial charge < -0.3 is 9.47 Å². The minimum Gasteiger partial charge on any atom is -0.454 e. The number of carbonyl (C=O) groups excluding carboxylic acids is 1. The molecule has 0 fully saturated rings. The maximum atomic E-state index is 12.2. The number of fused-ring (bicyclic) bond motifs is 1. The van der Waals surface area contributed by atoms with Gasteiger partial charge in [-0.2, -0.15) is 5.10 Å². The number of nitrogens with one attached hydrogen (secondary N) is 1. The van der Waals surface area contributed by atoms with Gasteiger partial charge in [-0.25, -0.2) is 5.43 Å². The molecule has 1 aliphatic rings. The van der Waals surface area contributed by atoms with Crippen LogP contribution in [0.5, 0.6) is 11.5 Å². The molecule has 1 heterocycles. The predicted molar refractivity (Wildman–Crippen MR) is 97.8 cm³/mol. The number of rotatable bonds is 3. The summed E-state index contributed by atoms with van der Waals surface area (Å²) in [4.78, 5) is 12.2. The first kappa shape index (κ1) is 17.3. The number of hydrogen-bond donors (Lipinski definition) is 1. The number of hydrazone groups is 1. The van der Waals surface area contributed by atoms with E-state index in [1.54, 1.807) is 24.3 Å². The Labute approximate surface area is 151 Å². The summed E-state index contributed by atoms with van der Waals surface area (Å²) in [6, 6.07) is 10.9. The summed E-state index contributed by atoms with van der Waals surface area (Å²) in [5.41, 5.74) is 4.89. The second kappa shape index (κ2) is 6.76. The largest absolute Gasteiger partial charge is 0.454 e. The standard InChI is InChI=1S/C19H19ClN2O3/c1-19(2,3)14-6-4-12(5-7-14)18(23)22-21-10-13-8-16-17(9-15(13)20)25-11-24-16/h4-10H,11H2,1-3H3,(H,22,23)/b21-10-. The van der Waals surface area contributed by atoms with Gasteiger partial charge in [0.25, 0.3) is 5.91 Å². The van der Waals surface area contributed by atoms with Crippen LogP contribution in [-0.2, 0) is 5.41 Å². The average Bonchev–Trinajstić information content (AvgIpc) is 3.01. The van der Waals surface area contributed by atoms with Crippen molar-refractivity contribution in [3.05, 3.63) is 58.1 Å². The van der Waals surface area contributed by atoms with Crippen LogP contribution in [0.2, 0.25) is 5.02 Å².